The number of Topliss-reactive ketones (excluding diaryl/α,β-unsaturated/α-hetero) is 2. The van der Waals surface area contributed by atoms with Crippen molar-refractivity contribution in [3.63, 3.8) is 0 Å². The standard InChI is InChI=1S/C18H23NO5/c1-12(20)6-8-18(7-4-5-16(18)21)17(22)19-13-9-14(23-2)11-15(10-13)24-3/h9-11H,4-8H2,1-3H3,(H,19,22)/t18-/m1/s1. The lowest BCUT2D eigenvalue weighted by Crippen LogP contribution is -2.40. The maximum absolute atomic E-state index is 12.8. The summed E-state index contributed by atoms with van der Waals surface area (Å²) in [5, 5.41) is 2.80. The number of ketones is 2. The Kier molecular flexibility index (Phi) is 5.59. The summed E-state index contributed by atoms with van der Waals surface area (Å²) in [4.78, 5) is 36.5. The molecule has 1 aromatic rings. The van der Waals surface area contributed by atoms with Crippen LogP contribution in [0.2, 0.25) is 0 Å². The first-order valence-corrected chi connectivity index (χ1v) is 7.98. The van der Waals surface area contributed by atoms with Gasteiger partial charge in [-0.1, -0.05) is 0 Å². The predicted molar refractivity (Wildman–Crippen MR) is 89.4 cm³/mol. The van der Waals surface area contributed by atoms with Crippen LogP contribution in [-0.4, -0.2) is 31.7 Å². The Morgan fingerprint density at radius 3 is 2.25 bits per heavy atom. The lowest BCUT2D eigenvalue weighted by molar-refractivity contribution is -0.137. The van der Waals surface area contributed by atoms with E-state index in [4.69, 9.17) is 9.47 Å². The van der Waals surface area contributed by atoms with Gasteiger partial charge >= 0.3 is 0 Å². The van der Waals surface area contributed by atoms with Crippen molar-refractivity contribution in [2.75, 3.05) is 19.5 Å². The molecule has 0 heterocycles. The summed E-state index contributed by atoms with van der Waals surface area (Å²) in [6, 6.07) is 5.03. The van der Waals surface area contributed by atoms with Crippen molar-refractivity contribution in [1.82, 2.24) is 0 Å². The number of hydrogen-bond donors (Lipinski definition) is 1. The molecular weight excluding hydrogens is 310 g/mol. The number of benzene rings is 1. The summed E-state index contributed by atoms with van der Waals surface area (Å²) in [6.07, 6.45) is 2.01. The first kappa shape index (κ1) is 18.0. The first-order chi connectivity index (χ1) is 11.4. The molecule has 1 aliphatic carbocycles. The van der Waals surface area contributed by atoms with Crippen LogP contribution in [0.5, 0.6) is 11.5 Å². The molecule has 0 unspecified atom stereocenters. The van der Waals surface area contributed by atoms with Crippen molar-refractivity contribution >= 4 is 23.2 Å². The van der Waals surface area contributed by atoms with Crippen LogP contribution >= 0.6 is 0 Å². The SMILES string of the molecule is COc1cc(NC(=O)[C@@]2(CCC(C)=O)CCCC2=O)cc(OC)c1. The van der Waals surface area contributed by atoms with Gasteiger partial charge in [0.2, 0.25) is 5.91 Å². The van der Waals surface area contributed by atoms with Gasteiger partial charge in [-0.3, -0.25) is 9.59 Å². The molecule has 1 aromatic carbocycles. The fraction of sp³-hybridized carbons (Fsp3) is 0.500. The highest BCUT2D eigenvalue weighted by Gasteiger charge is 2.48. The molecule has 6 nitrogen and oxygen atoms in total. The van der Waals surface area contributed by atoms with E-state index in [9.17, 15) is 14.4 Å². The number of nitrogens with one attached hydrogen (secondary N) is 1. The molecule has 1 saturated carbocycles. The van der Waals surface area contributed by atoms with Crippen molar-refractivity contribution in [1.29, 1.82) is 0 Å². The van der Waals surface area contributed by atoms with E-state index in [1.165, 1.54) is 21.1 Å². The van der Waals surface area contributed by atoms with E-state index in [2.05, 4.69) is 5.32 Å². The topological polar surface area (TPSA) is 81.7 Å². The smallest absolute Gasteiger partial charge is 0.238 e. The Balaban J connectivity index is 2.25. The number of hydrogen-bond acceptors (Lipinski definition) is 5. The zero-order chi connectivity index (χ0) is 17.7. The highest BCUT2D eigenvalue weighted by molar-refractivity contribution is 6.12. The van der Waals surface area contributed by atoms with Gasteiger partial charge in [0.1, 0.15) is 28.5 Å². The molecule has 1 fully saturated rings. The Labute approximate surface area is 141 Å². The fourth-order valence-electron chi connectivity index (χ4n) is 3.07. The monoisotopic (exact) mass is 333 g/mol. The summed E-state index contributed by atoms with van der Waals surface area (Å²) in [5.74, 6) is 0.614. The number of carbonyl (C=O) groups is 3. The lowest BCUT2D eigenvalue weighted by atomic mass is 9.79. The average Bonchev–Trinajstić information content (AvgIpc) is 2.94. The number of rotatable bonds is 7. The number of anilines is 1. The number of ether oxygens (including phenoxy) is 2. The van der Waals surface area contributed by atoms with Gasteiger partial charge in [0.15, 0.2) is 0 Å². The molecule has 0 saturated heterocycles. The summed E-state index contributed by atoms with van der Waals surface area (Å²) in [6.45, 7) is 1.47. The van der Waals surface area contributed by atoms with Crippen LogP contribution in [0.3, 0.4) is 0 Å². The molecule has 1 aliphatic rings. The van der Waals surface area contributed by atoms with E-state index in [0.29, 0.717) is 36.4 Å². The van der Waals surface area contributed by atoms with Crippen LogP contribution in [0.1, 0.15) is 39.0 Å². The van der Waals surface area contributed by atoms with E-state index < -0.39 is 5.41 Å². The Morgan fingerprint density at radius 2 is 1.79 bits per heavy atom. The molecule has 0 radical (unpaired) electrons. The Bertz CT molecular complexity index is 633. The summed E-state index contributed by atoms with van der Waals surface area (Å²) in [5.41, 5.74) is -0.611. The van der Waals surface area contributed by atoms with Crippen LogP contribution in [0, 0.1) is 5.41 Å². The first-order valence-electron chi connectivity index (χ1n) is 7.98. The van der Waals surface area contributed by atoms with E-state index in [0.717, 1.165) is 0 Å². The quantitative estimate of drug-likeness (QED) is 0.776. The van der Waals surface area contributed by atoms with Crippen molar-refractivity contribution in [2.45, 2.75) is 39.0 Å². The molecule has 24 heavy (non-hydrogen) atoms. The third kappa shape index (κ3) is 3.75. The third-order valence-electron chi connectivity index (χ3n) is 4.49. The molecule has 0 spiro atoms. The molecule has 0 bridgehead atoms. The second-order valence-electron chi connectivity index (χ2n) is 6.12. The van der Waals surface area contributed by atoms with Crippen LogP contribution < -0.4 is 14.8 Å². The zero-order valence-corrected chi connectivity index (χ0v) is 14.3. The molecule has 1 N–H and O–H groups in total. The van der Waals surface area contributed by atoms with Gasteiger partial charge in [0.25, 0.3) is 0 Å². The second-order valence-corrected chi connectivity index (χ2v) is 6.12. The van der Waals surface area contributed by atoms with Crippen molar-refractivity contribution in [3.8, 4) is 11.5 Å². The van der Waals surface area contributed by atoms with Gasteiger partial charge in [-0.25, -0.2) is 0 Å². The normalized spacial score (nSPS) is 19.9. The van der Waals surface area contributed by atoms with Gasteiger partial charge in [-0.2, -0.15) is 0 Å². The van der Waals surface area contributed by atoms with Gasteiger partial charge in [0, 0.05) is 36.7 Å². The predicted octanol–water partition coefficient (Wildman–Crippen LogP) is 2.75. The molecule has 2 rings (SSSR count). The maximum atomic E-state index is 12.8. The highest BCUT2D eigenvalue weighted by atomic mass is 16.5. The van der Waals surface area contributed by atoms with Crippen molar-refractivity contribution in [3.05, 3.63) is 18.2 Å². The van der Waals surface area contributed by atoms with E-state index in [1.54, 1.807) is 18.2 Å². The largest absolute Gasteiger partial charge is 0.497 e. The number of amides is 1. The van der Waals surface area contributed by atoms with Crippen LogP contribution in [0.25, 0.3) is 0 Å². The Hall–Kier alpha value is -2.37. The van der Waals surface area contributed by atoms with E-state index >= 15 is 0 Å². The molecule has 1 atom stereocenters. The minimum Gasteiger partial charge on any atom is -0.497 e. The van der Waals surface area contributed by atoms with Gasteiger partial charge in [-0.05, 0) is 26.2 Å². The number of methoxy groups -OCH3 is 2. The minimum absolute atomic E-state index is 0.0232. The van der Waals surface area contributed by atoms with E-state index in [-0.39, 0.29) is 30.3 Å². The third-order valence-corrected chi connectivity index (χ3v) is 4.49. The average molecular weight is 333 g/mol. The summed E-state index contributed by atoms with van der Waals surface area (Å²) >= 11 is 0. The number of carbonyl (C=O) groups excluding carboxylic acids is 3. The highest BCUT2D eigenvalue weighted by Crippen LogP contribution is 2.40. The maximum Gasteiger partial charge on any atom is 0.238 e. The lowest BCUT2D eigenvalue weighted by Gasteiger charge is -2.26. The van der Waals surface area contributed by atoms with E-state index in [1.807, 2.05) is 0 Å². The minimum atomic E-state index is -1.11. The molecule has 0 aliphatic heterocycles. The molecular formula is C18H23NO5. The molecule has 0 aromatic heterocycles. The van der Waals surface area contributed by atoms with Gasteiger partial charge in [-0.15, -0.1) is 0 Å². The summed E-state index contributed by atoms with van der Waals surface area (Å²) in [7, 11) is 3.05. The fourth-order valence-corrected chi connectivity index (χ4v) is 3.07. The second kappa shape index (κ2) is 7.47. The van der Waals surface area contributed by atoms with Crippen LogP contribution in [0.4, 0.5) is 5.69 Å². The van der Waals surface area contributed by atoms with Crippen molar-refractivity contribution < 1.29 is 23.9 Å². The van der Waals surface area contributed by atoms with Gasteiger partial charge in [0.05, 0.1) is 14.2 Å². The zero-order valence-electron chi connectivity index (χ0n) is 14.3. The molecule has 6 heteroatoms. The molecule has 130 valence electrons. The van der Waals surface area contributed by atoms with Gasteiger partial charge < -0.3 is 19.6 Å². The molecule has 1 amide bonds. The summed E-state index contributed by atoms with van der Waals surface area (Å²) < 4.78 is 10.4. The van der Waals surface area contributed by atoms with Crippen LogP contribution in [-0.2, 0) is 14.4 Å². The van der Waals surface area contributed by atoms with Crippen LogP contribution in [0.15, 0.2) is 18.2 Å². The van der Waals surface area contributed by atoms with Crippen molar-refractivity contribution in [2.24, 2.45) is 5.41 Å². The Morgan fingerprint density at radius 1 is 1.17 bits per heavy atom.